The van der Waals surface area contributed by atoms with Gasteiger partial charge in [-0.15, -0.1) is 11.6 Å². The molecule has 1 atom stereocenters. The molecule has 0 radical (unpaired) electrons. The van der Waals surface area contributed by atoms with Crippen LogP contribution in [0.1, 0.15) is 108 Å². The molecule has 0 aromatic heterocycles. The highest BCUT2D eigenvalue weighted by atomic mass is 35.5. The molecule has 3 heteroatoms. The zero-order valence-corrected chi connectivity index (χ0v) is 25.3. The Morgan fingerprint density at radius 2 is 1.39 bits per heavy atom. The molecule has 0 amide bonds. The van der Waals surface area contributed by atoms with E-state index in [0.29, 0.717) is 5.41 Å². The van der Waals surface area contributed by atoms with Gasteiger partial charge in [0.25, 0.3) is 0 Å². The van der Waals surface area contributed by atoms with Gasteiger partial charge in [-0.1, -0.05) is 64.8 Å². The third-order valence-electron chi connectivity index (χ3n) is 6.05. The van der Waals surface area contributed by atoms with Gasteiger partial charge >= 0.3 is 0 Å². The number of halogens is 1. The number of hydrogen-bond donors (Lipinski definition) is 0. The summed E-state index contributed by atoms with van der Waals surface area (Å²) >= 11 is 6.42. The summed E-state index contributed by atoms with van der Waals surface area (Å²) in [5.41, 5.74) is 3.53. The van der Waals surface area contributed by atoms with Crippen molar-refractivity contribution in [3.8, 4) is 0 Å². The molecule has 2 nitrogen and oxygen atoms in total. The van der Waals surface area contributed by atoms with Gasteiger partial charge in [-0.05, 0) is 123 Å². The molecule has 0 aliphatic heterocycles. The summed E-state index contributed by atoms with van der Waals surface area (Å²) in [6.45, 7) is 27.6. The third-order valence-corrected chi connectivity index (χ3v) is 6.16. The fraction of sp³-hybridized carbons (Fsp3) is 0.867. The van der Waals surface area contributed by atoms with Crippen LogP contribution in [0.3, 0.4) is 0 Å². The number of allylic oxidation sites excluding steroid dienone is 4. The quantitative estimate of drug-likeness (QED) is 0.160. The normalized spacial score (nSPS) is 15.6. The van der Waals surface area contributed by atoms with Gasteiger partial charge in [-0.2, -0.15) is 0 Å². The van der Waals surface area contributed by atoms with E-state index in [2.05, 4.69) is 105 Å². The first-order valence-corrected chi connectivity index (χ1v) is 13.7. The van der Waals surface area contributed by atoms with Crippen molar-refractivity contribution in [2.24, 2.45) is 16.7 Å². The molecule has 196 valence electrons. The van der Waals surface area contributed by atoms with E-state index in [1.807, 2.05) is 0 Å². The van der Waals surface area contributed by atoms with Gasteiger partial charge in [0, 0.05) is 0 Å². The summed E-state index contributed by atoms with van der Waals surface area (Å²) < 4.78 is 0. The monoisotopic (exact) mass is 482 g/mol. The second-order valence-electron chi connectivity index (χ2n) is 13.5. The van der Waals surface area contributed by atoms with Crippen LogP contribution in [-0.2, 0) is 0 Å². The van der Waals surface area contributed by atoms with Crippen molar-refractivity contribution in [1.82, 2.24) is 9.80 Å². The Bertz CT molecular complexity index is 587. The minimum absolute atomic E-state index is 0.254. The molecule has 33 heavy (non-hydrogen) atoms. The SMILES string of the molecule is C/C(=C\C(C)(C)C)CC(C)CCCN(CCCN(C)C)CCC(C)(C)C/C(C)=C/C(C)(C)Cl. The van der Waals surface area contributed by atoms with Crippen LogP contribution in [0.25, 0.3) is 0 Å². The molecule has 0 fully saturated rings. The summed E-state index contributed by atoms with van der Waals surface area (Å²) in [4.78, 5) is 4.77. The molecule has 1 unspecified atom stereocenters. The maximum Gasteiger partial charge on any atom is 0.0572 e. The van der Waals surface area contributed by atoms with E-state index in [9.17, 15) is 0 Å². The standard InChI is InChI=1S/C30H59ClN2/c1-25(21-26(2)22-28(4,5)6)15-13-18-33(19-14-17-32(11)12)20-16-29(7,8)23-27(3)24-30(9,10)31/h22,24-25H,13-21,23H2,1-12H3/b26-22+,27-24+. The molecule has 0 aromatic rings. The van der Waals surface area contributed by atoms with Gasteiger partial charge in [0.05, 0.1) is 4.87 Å². The van der Waals surface area contributed by atoms with E-state index in [-0.39, 0.29) is 10.3 Å². The first-order chi connectivity index (χ1) is 14.9. The van der Waals surface area contributed by atoms with Crippen molar-refractivity contribution >= 4 is 11.6 Å². The van der Waals surface area contributed by atoms with Crippen molar-refractivity contribution in [3.63, 3.8) is 0 Å². The lowest BCUT2D eigenvalue weighted by atomic mass is 9.82. The maximum absolute atomic E-state index is 6.42. The van der Waals surface area contributed by atoms with Crippen LogP contribution < -0.4 is 0 Å². The van der Waals surface area contributed by atoms with Crippen LogP contribution >= 0.6 is 11.6 Å². The Kier molecular flexibility index (Phi) is 14.8. The van der Waals surface area contributed by atoms with Gasteiger partial charge in [-0.3, -0.25) is 0 Å². The van der Waals surface area contributed by atoms with Gasteiger partial charge in [0.1, 0.15) is 0 Å². The fourth-order valence-corrected chi connectivity index (χ4v) is 5.19. The highest BCUT2D eigenvalue weighted by Crippen LogP contribution is 2.31. The average Bonchev–Trinajstić information content (AvgIpc) is 2.54. The molecule has 0 aliphatic carbocycles. The molecule has 0 heterocycles. The van der Waals surface area contributed by atoms with Crippen LogP contribution in [0.2, 0.25) is 0 Å². The van der Waals surface area contributed by atoms with Crippen LogP contribution in [0.4, 0.5) is 0 Å². The molecule has 0 bridgehead atoms. The Morgan fingerprint density at radius 3 is 1.91 bits per heavy atom. The van der Waals surface area contributed by atoms with E-state index in [4.69, 9.17) is 11.6 Å². The lowest BCUT2D eigenvalue weighted by Crippen LogP contribution is -2.32. The highest BCUT2D eigenvalue weighted by molar-refractivity contribution is 6.24. The first kappa shape index (κ1) is 32.7. The van der Waals surface area contributed by atoms with Crippen LogP contribution in [0, 0.1) is 16.7 Å². The van der Waals surface area contributed by atoms with Crippen LogP contribution in [0.5, 0.6) is 0 Å². The second-order valence-corrected chi connectivity index (χ2v) is 14.4. The van der Waals surface area contributed by atoms with E-state index in [1.54, 1.807) is 5.57 Å². The second kappa shape index (κ2) is 14.9. The highest BCUT2D eigenvalue weighted by Gasteiger charge is 2.21. The minimum atomic E-state index is -0.254. The lowest BCUT2D eigenvalue weighted by Gasteiger charge is -2.31. The zero-order valence-electron chi connectivity index (χ0n) is 24.6. The molecule has 0 saturated heterocycles. The maximum atomic E-state index is 6.42. The first-order valence-electron chi connectivity index (χ1n) is 13.3. The van der Waals surface area contributed by atoms with E-state index < -0.39 is 0 Å². The van der Waals surface area contributed by atoms with Gasteiger partial charge in [-0.25, -0.2) is 0 Å². The minimum Gasteiger partial charge on any atom is -0.309 e. The predicted octanol–water partition coefficient (Wildman–Crippen LogP) is 8.81. The van der Waals surface area contributed by atoms with Crippen LogP contribution in [-0.4, -0.2) is 54.9 Å². The Labute approximate surface area is 214 Å². The Hall–Kier alpha value is -0.310. The van der Waals surface area contributed by atoms with Crippen molar-refractivity contribution < 1.29 is 0 Å². The largest absolute Gasteiger partial charge is 0.309 e. The lowest BCUT2D eigenvalue weighted by molar-refractivity contribution is 0.202. The summed E-state index contributed by atoms with van der Waals surface area (Å²) in [5.74, 6) is 0.760. The summed E-state index contributed by atoms with van der Waals surface area (Å²) in [7, 11) is 4.35. The van der Waals surface area contributed by atoms with Crippen molar-refractivity contribution in [2.75, 3.05) is 40.3 Å². The number of nitrogens with zero attached hydrogens (tertiary/aromatic N) is 2. The molecule has 0 rings (SSSR count). The third kappa shape index (κ3) is 20.8. The summed E-state index contributed by atoms with van der Waals surface area (Å²) in [5, 5.41) is 0. The zero-order chi connectivity index (χ0) is 25.9. The van der Waals surface area contributed by atoms with E-state index in [1.165, 1.54) is 63.9 Å². The molecular weight excluding hydrogens is 424 g/mol. The van der Waals surface area contributed by atoms with Gasteiger partial charge in [0.2, 0.25) is 0 Å². The molecule has 0 spiro atoms. The average molecular weight is 483 g/mol. The number of alkyl halides is 1. The van der Waals surface area contributed by atoms with Gasteiger partial charge < -0.3 is 9.80 Å². The fourth-order valence-electron chi connectivity index (χ4n) is 5.00. The smallest absolute Gasteiger partial charge is 0.0572 e. The Morgan fingerprint density at radius 1 is 0.818 bits per heavy atom. The number of hydrogen-bond acceptors (Lipinski definition) is 2. The molecule has 0 saturated carbocycles. The summed E-state index contributed by atoms with van der Waals surface area (Å²) in [6.07, 6.45) is 12.1. The molecule has 0 N–H and O–H groups in total. The Balaban J connectivity index is 4.79. The van der Waals surface area contributed by atoms with E-state index >= 15 is 0 Å². The molecular formula is C30H59ClN2. The van der Waals surface area contributed by atoms with Crippen LogP contribution in [0.15, 0.2) is 23.3 Å². The van der Waals surface area contributed by atoms with Crippen molar-refractivity contribution in [2.45, 2.75) is 113 Å². The van der Waals surface area contributed by atoms with Gasteiger partial charge in [0.15, 0.2) is 0 Å². The van der Waals surface area contributed by atoms with Crippen molar-refractivity contribution in [3.05, 3.63) is 23.3 Å². The number of rotatable bonds is 16. The summed E-state index contributed by atoms with van der Waals surface area (Å²) in [6, 6.07) is 0. The van der Waals surface area contributed by atoms with E-state index in [0.717, 1.165) is 12.3 Å². The molecule has 0 aromatic carbocycles. The topological polar surface area (TPSA) is 6.48 Å². The van der Waals surface area contributed by atoms with Crippen molar-refractivity contribution in [1.29, 1.82) is 0 Å². The predicted molar refractivity (Wildman–Crippen MR) is 153 cm³/mol. The molecule has 0 aliphatic rings.